The van der Waals surface area contributed by atoms with E-state index in [1.165, 1.54) is 0 Å². The molecule has 2 aromatic rings. The van der Waals surface area contributed by atoms with Gasteiger partial charge in [0.1, 0.15) is 5.75 Å². The summed E-state index contributed by atoms with van der Waals surface area (Å²) in [6.45, 7) is 11.0. The van der Waals surface area contributed by atoms with Crippen molar-refractivity contribution in [1.82, 2.24) is 0 Å². The van der Waals surface area contributed by atoms with Gasteiger partial charge >= 0.3 is 0 Å². The van der Waals surface area contributed by atoms with Crippen molar-refractivity contribution in [3.8, 4) is 5.75 Å². The fourth-order valence-corrected chi connectivity index (χ4v) is 2.90. The molecule has 3 nitrogen and oxygen atoms in total. The fourth-order valence-electron chi connectivity index (χ4n) is 1.87. The number of benzene rings is 2. The molecule has 0 radical (unpaired) electrons. The van der Waals surface area contributed by atoms with Crippen LogP contribution in [0.15, 0.2) is 54.6 Å². The Labute approximate surface area is 139 Å². The van der Waals surface area contributed by atoms with Crippen LogP contribution >= 0.6 is 0 Å². The largest absolute Gasteiger partial charge is 0.543 e. The summed E-state index contributed by atoms with van der Waals surface area (Å²) >= 11 is 0. The molecule has 0 heterocycles. The van der Waals surface area contributed by atoms with E-state index in [0.29, 0.717) is 5.56 Å². The highest BCUT2D eigenvalue weighted by Crippen LogP contribution is 2.37. The van der Waals surface area contributed by atoms with Crippen LogP contribution in [0.1, 0.15) is 31.1 Å². The lowest BCUT2D eigenvalue weighted by Crippen LogP contribution is -2.43. The van der Waals surface area contributed by atoms with Gasteiger partial charge in [0, 0.05) is 11.3 Å². The molecule has 0 aliphatic heterocycles. The van der Waals surface area contributed by atoms with Gasteiger partial charge in [0.05, 0.1) is 0 Å². The standard InChI is InChI=1S/C19H25NO2Si/c1-19(2,3)23(4,5)22-17-13-9-10-15(14-17)18(21)20-16-11-7-6-8-12-16/h6-14H,1-5H3,(H,20,21). The first kappa shape index (κ1) is 17.3. The van der Waals surface area contributed by atoms with Crippen LogP contribution in [-0.2, 0) is 0 Å². The van der Waals surface area contributed by atoms with E-state index >= 15 is 0 Å². The number of carbonyl (C=O) groups is 1. The highest BCUT2D eigenvalue weighted by molar-refractivity contribution is 6.74. The molecule has 1 N–H and O–H groups in total. The van der Waals surface area contributed by atoms with Crippen molar-refractivity contribution >= 4 is 19.9 Å². The summed E-state index contributed by atoms with van der Waals surface area (Å²) in [4.78, 5) is 12.4. The van der Waals surface area contributed by atoms with Gasteiger partial charge in [-0.2, -0.15) is 0 Å². The van der Waals surface area contributed by atoms with Gasteiger partial charge in [-0.05, 0) is 48.5 Å². The Bertz CT molecular complexity index is 675. The Hall–Kier alpha value is -2.07. The molecule has 0 aromatic heterocycles. The molecule has 0 saturated heterocycles. The summed E-state index contributed by atoms with van der Waals surface area (Å²) < 4.78 is 6.27. The topological polar surface area (TPSA) is 38.3 Å². The highest BCUT2D eigenvalue weighted by atomic mass is 28.4. The van der Waals surface area contributed by atoms with Crippen molar-refractivity contribution in [2.45, 2.75) is 38.9 Å². The smallest absolute Gasteiger partial charge is 0.255 e. The molecule has 4 heteroatoms. The average Bonchev–Trinajstić information content (AvgIpc) is 2.47. The third kappa shape index (κ3) is 4.45. The molecule has 0 aliphatic carbocycles. The first-order chi connectivity index (χ1) is 10.7. The Morgan fingerprint density at radius 1 is 1.00 bits per heavy atom. The summed E-state index contributed by atoms with van der Waals surface area (Å²) in [6, 6.07) is 16.8. The maximum Gasteiger partial charge on any atom is 0.255 e. The number of para-hydroxylation sites is 1. The lowest BCUT2D eigenvalue weighted by Gasteiger charge is -2.36. The summed E-state index contributed by atoms with van der Waals surface area (Å²) in [5.41, 5.74) is 1.39. The molecule has 23 heavy (non-hydrogen) atoms. The molecule has 1 amide bonds. The summed E-state index contributed by atoms with van der Waals surface area (Å²) in [6.07, 6.45) is 0. The summed E-state index contributed by atoms with van der Waals surface area (Å²) in [5, 5.41) is 3.02. The minimum atomic E-state index is -1.91. The van der Waals surface area contributed by atoms with Gasteiger partial charge < -0.3 is 9.74 Å². The molecule has 0 aliphatic rings. The molecule has 0 atom stereocenters. The van der Waals surface area contributed by atoms with E-state index in [0.717, 1.165) is 11.4 Å². The zero-order valence-electron chi connectivity index (χ0n) is 14.5. The van der Waals surface area contributed by atoms with Crippen LogP contribution in [0.3, 0.4) is 0 Å². The molecule has 122 valence electrons. The zero-order chi connectivity index (χ0) is 17.1. The molecular weight excluding hydrogens is 302 g/mol. The van der Waals surface area contributed by atoms with Gasteiger partial charge in [-0.25, -0.2) is 0 Å². The quantitative estimate of drug-likeness (QED) is 0.771. The van der Waals surface area contributed by atoms with Crippen molar-refractivity contribution in [3.05, 3.63) is 60.2 Å². The number of amides is 1. The lowest BCUT2D eigenvalue weighted by atomic mass is 10.2. The molecular formula is C19H25NO2Si. The number of nitrogens with one attached hydrogen (secondary N) is 1. The van der Waals surface area contributed by atoms with E-state index in [9.17, 15) is 4.79 Å². The van der Waals surface area contributed by atoms with Crippen LogP contribution in [0.5, 0.6) is 5.75 Å². The summed E-state index contributed by atoms with van der Waals surface area (Å²) in [7, 11) is -1.91. The van der Waals surface area contributed by atoms with Crippen LogP contribution in [-0.4, -0.2) is 14.2 Å². The molecule has 2 rings (SSSR count). The van der Waals surface area contributed by atoms with E-state index in [4.69, 9.17) is 4.43 Å². The van der Waals surface area contributed by atoms with E-state index in [2.05, 4.69) is 39.2 Å². The number of rotatable bonds is 4. The molecule has 0 bridgehead atoms. The number of anilines is 1. The number of carbonyl (C=O) groups excluding carboxylic acids is 1. The van der Waals surface area contributed by atoms with E-state index in [1.807, 2.05) is 48.5 Å². The van der Waals surface area contributed by atoms with Crippen molar-refractivity contribution in [2.75, 3.05) is 5.32 Å². The molecule has 0 saturated carbocycles. The third-order valence-corrected chi connectivity index (χ3v) is 8.67. The van der Waals surface area contributed by atoms with E-state index < -0.39 is 8.32 Å². The first-order valence-electron chi connectivity index (χ1n) is 7.84. The SMILES string of the molecule is CC(C)(C)[Si](C)(C)Oc1cccc(C(=O)Nc2ccccc2)c1. The van der Waals surface area contributed by atoms with Gasteiger partial charge in [0.2, 0.25) is 8.32 Å². The van der Waals surface area contributed by atoms with Crippen molar-refractivity contribution in [2.24, 2.45) is 0 Å². The van der Waals surface area contributed by atoms with Crippen molar-refractivity contribution in [1.29, 1.82) is 0 Å². The minimum Gasteiger partial charge on any atom is -0.543 e. The van der Waals surface area contributed by atoms with Gasteiger partial charge in [-0.15, -0.1) is 0 Å². The van der Waals surface area contributed by atoms with Gasteiger partial charge in [-0.3, -0.25) is 4.79 Å². The maximum absolute atomic E-state index is 12.4. The molecule has 0 fully saturated rings. The predicted molar refractivity (Wildman–Crippen MR) is 98.7 cm³/mol. The second kappa shape index (κ2) is 6.58. The molecule has 0 spiro atoms. The maximum atomic E-state index is 12.4. The van der Waals surface area contributed by atoms with Gasteiger partial charge in [0.15, 0.2) is 0 Å². The Morgan fingerprint density at radius 3 is 2.26 bits per heavy atom. The van der Waals surface area contributed by atoms with E-state index in [1.54, 1.807) is 6.07 Å². The van der Waals surface area contributed by atoms with Crippen LogP contribution in [0.25, 0.3) is 0 Å². The normalized spacial score (nSPS) is 11.9. The highest BCUT2D eigenvalue weighted by Gasteiger charge is 2.39. The molecule has 2 aromatic carbocycles. The van der Waals surface area contributed by atoms with Crippen molar-refractivity contribution in [3.63, 3.8) is 0 Å². The average molecular weight is 328 g/mol. The van der Waals surface area contributed by atoms with Gasteiger partial charge in [-0.1, -0.05) is 45.0 Å². The lowest BCUT2D eigenvalue weighted by molar-refractivity contribution is 0.102. The zero-order valence-corrected chi connectivity index (χ0v) is 15.5. The number of hydrogen-bond donors (Lipinski definition) is 1. The van der Waals surface area contributed by atoms with Crippen LogP contribution in [0.2, 0.25) is 18.1 Å². The van der Waals surface area contributed by atoms with Crippen LogP contribution in [0.4, 0.5) is 5.69 Å². The monoisotopic (exact) mass is 327 g/mol. The first-order valence-corrected chi connectivity index (χ1v) is 10.8. The van der Waals surface area contributed by atoms with Crippen molar-refractivity contribution < 1.29 is 9.22 Å². The summed E-state index contributed by atoms with van der Waals surface area (Å²) in [5.74, 6) is 0.634. The number of hydrogen-bond acceptors (Lipinski definition) is 2. The van der Waals surface area contributed by atoms with Gasteiger partial charge in [0.25, 0.3) is 5.91 Å². The van der Waals surface area contributed by atoms with Crippen LogP contribution in [0, 0.1) is 0 Å². The van der Waals surface area contributed by atoms with Crippen LogP contribution < -0.4 is 9.74 Å². The minimum absolute atomic E-state index is 0.120. The Balaban J connectivity index is 2.15. The molecule has 0 unspecified atom stereocenters. The second-order valence-corrected chi connectivity index (χ2v) is 11.9. The second-order valence-electron chi connectivity index (χ2n) is 7.21. The Morgan fingerprint density at radius 2 is 1.65 bits per heavy atom. The fraction of sp³-hybridized carbons (Fsp3) is 0.316. The van der Waals surface area contributed by atoms with E-state index in [-0.39, 0.29) is 10.9 Å². The third-order valence-electron chi connectivity index (χ3n) is 4.31. The Kier molecular flexibility index (Phi) is 4.95. The predicted octanol–water partition coefficient (Wildman–Crippen LogP) is 5.32.